The molecule has 0 saturated carbocycles. The van der Waals surface area contributed by atoms with Crippen molar-refractivity contribution >= 4 is 27.7 Å². The number of ether oxygens (including phenoxy) is 1. The predicted octanol–water partition coefficient (Wildman–Crippen LogP) is 4.54. The minimum atomic E-state index is -0.309. The summed E-state index contributed by atoms with van der Waals surface area (Å²) in [4.78, 5) is 12.5. The van der Waals surface area contributed by atoms with Crippen LogP contribution in [0.25, 0.3) is 11.3 Å². The van der Waals surface area contributed by atoms with Crippen LogP contribution in [0.1, 0.15) is 23.7 Å². The van der Waals surface area contributed by atoms with E-state index in [0.717, 1.165) is 16.5 Å². The SMILES string of the molecule is CCCOc1cccc(C(=O)Nc2nonc2-c2ccc(Br)cc2)c1. The molecule has 1 amide bonds. The molecule has 1 heterocycles. The summed E-state index contributed by atoms with van der Waals surface area (Å²) in [6.45, 7) is 2.63. The van der Waals surface area contributed by atoms with Gasteiger partial charge in [-0.2, -0.15) is 0 Å². The topological polar surface area (TPSA) is 77.2 Å². The number of carbonyl (C=O) groups is 1. The third-order valence-corrected chi connectivity index (χ3v) is 3.94. The van der Waals surface area contributed by atoms with Crippen molar-refractivity contribution in [3.05, 3.63) is 58.6 Å². The molecule has 0 atom stereocenters. The first kappa shape index (κ1) is 17.2. The van der Waals surface area contributed by atoms with E-state index in [1.165, 1.54) is 0 Å². The molecule has 1 N–H and O–H groups in total. The third kappa shape index (κ3) is 4.24. The molecule has 3 rings (SSSR count). The first-order chi connectivity index (χ1) is 12.2. The Morgan fingerprint density at radius 1 is 1.20 bits per heavy atom. The number of aromatic nitrogens is 2. The summed E-state index contributed by atoms with van der Waals surface area (Å²) in [6.07, 6.45) is 0.900. The Morgan fingerprint density at radius 3 is 2.76 bits per heavy atom. The fraction of sp³-hybridized carbons (Fsp3) is 0.167. The largest absolute Gasteiger partial charge is 0.494 e. The van der Waals surface area contributed by atoms with Crippen molar-refractivity contribution < 1.29 is 14.2 Å². The Balaban J connectivity index is 1.78. The Kier molecular flexibility index (Phi) is 5.45. The summed E-state index contributed by atoms with van der Waals surface area (Å²) in [5, 5.41) is 10.4. The van der Waals surface area contributed by atoms with Gasteiger partial charge in [-0.05, 0) is 47.1 Å². The van der Waals surface area contributed by atoms with Crippen molar-refractivity contribution in [1.29, 1.82) is 0 Å². The predicted molar refractivity (Wildman–Crippen MR) is 97.6 cm³/mol. The van der Waals surface area contributed by atoms with Gasteiger partial charge in [-0.15, -0.1) is 0 Å². The second-order valence-corrected chi connectivity index (χ2v) is 6.21. The molecule has 0 aliphatic rings. The molecule has 1 aromatic heterocycles. The number of halogens is 1. The first-order valence-electron chi connectivity index (χ1n) is 7.80. The summed E-state index contributed by atoms with van der Waals surface area (Å²) in [6, 6.07) is 14.5. The van der Waals surface area contributed by atoms with Crippen molar-refractivity contribution in [2.45, 2.75) is 13.3 Å². The van der Waals surface area contributed by atoms with Crippen molar-refractivity contribution in [2.75, 3.05) is 11.9 Å². The molecule has 128 valence electrons. The molecule has 3 aromatic rings. The van der Waals surface area contributed by atoms with E-state index in [1.807, 2.05) is 37.3 Å². The zero-order valence-electron chi connectivity index (χ0n) is 13.5. The van der Waals surface area contributed by atoms with Crippen LogP contribution in [-0.2, 0) is 0 Å². The zero-order chi connectivity index (χ0) is 17.6. The smallest absolute Gasteiger partial charge is 0.257 e. The van der Waals surface area contributed by atoms with Gasteiger partial charge >= 0.3 is 0 Å². The number of rotatable bonds is 6. The lowest BCUT2D eigenvalue weighted by Gasteiger charge is -2.07. The zero-order valence-corrected chi connectivity index (χ0v) is 15.1. The van der Waals surface area contributed by atoms with E-state index in [9.17, 15) is 4.79 Å². The van der Waals surface area contributed by atoms with Gasteiger partial charge in [0.05, 0.1) is 6.61 Å². The highest BCUT2D eigenvalue weighted by molar-refractivity contribution is 9.10. The van der Waals surface area contributed by atoms with E-state index >= 15 is 0 Å². The lowest BCUT2D eigenvalue weighted by molar-refractivity contribution is 0.102. The molecule has 7 heteroatoms. The van der Waals surface area contributed by atoms with E-state index in [-0.39, 0.29) is 11.7 Å². The molecule has 0 spiro atoms. The number of hydrogen-bond acceptors (Lipinski definition) is 5. The van der Waals surface area contributed by atoms with E-state index in [4.69, 9.17) is 9.37 Å². The summed E-state index contributed by atoms with van der Waals surface area (Å²) < 4.78 is 11.3. The van der Waals surface area contributed by atoms with Gasteiger partial charge in [-0.25, -0.2) is 4.63 Å². The number of nitrogens with one attached hydrogen (secondary N) is 1. The van der Waals surface area contributed by atoms with Crippen molar-refractivity contribution in [1.82, 2.24) is 10.3 Å². The number of hydrogen-bond donors (Lipinski definition) is 1. The van der Waals surface area contributed by atoms with E-state index in [2.05, 4.69) is 31.6 Å². The van der Waals surface area contributed by atoms with E-state index < -0.39 is 0 Å². The quantitative estimate of drug-likeness (QED) is 0.655. The number of benzene rings is 2. The van der Waals surface area contributed by atoms with Gasteiger partial charge in [0.15, 0.2) is 5.69 Å². The van der Waals surface area contributed by atoms with Crippen LogP contribution in [0.5, 0.6) is 5.75 Å². The molecule has 2 aromatic carbocycles. The molecule has 0 unspecified atom stereocenters. The van der Waals surface area contributed by atoms with Crippen molar-refractivity contribution in [2.24, 2.45) is 0 Å². The number of anilines is 1. The van der Waals surface area contributed by atoms with Gasteiger partial charge in [0.25, 0.3) is 5.91 Å². The van der Waals surface area contributed by atoms with Crippen LogP contribution in [0.2, 0.25) is 0 Å². The summed E-state index contributed by atoms with van der Waals surface area (Å²) in [7, 11) is 0. The lowest BCUT2D eigenvalue weighted by Crippen LogP contribution is -2.13. The number of nitrogens with zero attached hydrogens (tertiary/aromatic N) is 2. The van der Waals surface area contributed by atoms with Crippen molar-refractivity contribution in [3.63, 3.8) is 0 Å². The van der Waals surface area contributed by atoms with Gasteiger partial charge in [-0.1, -0.05) is 41.1 Å². The maximum atomic E-state index is 12.5. The van der Waals surface area contributed by atoms with Gasteiger partial charge in [-0.3, -0.25) is 4.79 Å². The molecule has 0 radical (unpaired) electrons. The second kappa shape index (κ2) is 7.94. The number of amides is 1. The number of carbonyl (C=O) groups excluding carboxylic acids is 1. The molecule has 6 nitrogen and oxygen atoms in total. The first-order valence-corrected chi connectivity index (χ1v) is 8.59. The third-order valence-electron chi connectivity index (χ3n) is 3.41. The highest BCUT2D eigenvalue weighted by Crippen LogP contribution is 2.26. The molecule has 0 aliphatic carbocycles. The van der Waals surface area contributed by atoms with Gasteiger partial charge < -0.3 is 10.1 Å². The van der Waals surface area contributed by atoms with Crippen LogP contribution >= 0.6 is 15.9 Å². The molecule has 25 heavy (non-hydrogen) atoms. The standard InChI is InChI=1S/C18H16BrN3O3/c1-2-10-24-15-5-3-4-13(11-15)18(23)20-17-16(21-25-22-17)12-6-8-14(19)9-7-12/h3-9,11H,2,10H2,1H3,(H,20,22,23). The minimum Gasteiger partial charge on any atom is -0.494 e. The lowest BCUT2D eigenvalue weighted by atomic mass is 10.1. The average molecular weight is 402 g/mol. The molecular weight excluding hydrogens is 386 g/mol. The molecule has 0 fully saturated rings. The Hall–Kier alpha value is -2.67. The maximum Gasteiger partial charge on any atom is 0.257 e. The minimum absolute atomic E-state index is 0.271. The second-order valence-electron chi connectivity index (χ2n) is 5.30. The summed E-state index contributed by atoms with van der Waals surface area (Å²) in [5.74, 6) is 0.615. The summed E-state index contributed by atoms with van der Waals surface area (Å²) >= 11 is 3.38. The van der Waals surface area contributed by atoms with Crippen LogP contribution < -0.4 is 10.1 Å². The summed E-state index contributed by atoms with van der Waals surface area (Å²) in [5.41, 5.74) is 1.73. The molecule has 0 aliphatic heterocycles. The van der Waals surface area contributed by atoms with Gasteiger partial charge in [0.2, 0.25) is 5.82 Å². The normalized spacial score (nSPS) is 10.5. The highest BCUT2D eigenvalue weighted by atomic mass is 79.9. The van der Waals surface area contributed by atoms with Gasteiger partial charge in [0, 0.05) is 15.6 Å². The van der Waals surface area contributed by atoms with Crippen LogP contribution in [-0.4, -0.2) is 22.8 Å². The van der Waals surface area contributed by atoms with Gasteiger partial charge in [0.1, 0.15) is 5.75 Å². The fourth-order valence-electron chi connectivity index (χ4n) is 2.19. The maximum absolute atomic E-state index is 12.5. The van der Waals surface area contributed by atoms with Crippen LogP contribution in [0.15, 0.2) is 57.6 Å². The van der Waals surface area contributed by atoms with Crippen molar-refractivity contribution in [3.8, 4) is 17.0 Å². The van der Waals surface area contributed by atoms with Crippen LogP contribution in [0.3, 0.4) is 0 Å². The van der Waals surface area contributed by atoms with Crippen LogP contribution in [0.4, 0.5) is 5.82 Å². The molecule has 0 saturated heterocycles. The Bertz CT molecular complexity index is 862. The van der Waals surface area contributed by atoms with E-state index in [0.29, 0.717) is 23.6 Å². The average Bonchev–Trinajstić information content (AvgIpc) is 3.09. The van der Waals surface area contributed by atoms with E-state index in [1.54, 1.807) is 18.2 Å². The Morgan fingerprint density at radius 2 is 2.00 bits per heavy atom. The highest BCUT2D eigenvalue weighted by Gasteiger charge is 2.16. The monoisotopic (exact) mass is 401 g/mol. The Labute approximate surface area is 153 Å². The van der Waals surface area contributed by atoms with Crippen LogP contribution in [0, 0.1) is 0 Å². The molecular formula is C18H16BrN3O3. The fourth-order valence-corrected chi connectivity index (χ4v) is 2.46. The molecule has 0 bridgehead atoms.